The summed E-state index contributed by atoms with van der Waals surface area (Å²) in [6.07, 6.45) is 1.58. The van der Waals surface area contributed by atoms with Crippen LogP contribution in [0.3, 0.4) is 0 Å². The SMILES string of the molecule is CCOC(CCl)=NC#N. The molecule has 0 aromatic carbocycles. The Hall–Kier alpha value is -0.750. The maximum atomic E-state index is 8.02. The minimum Gasteiger partial charge on any atom is -0.480 e. The molecule has 0 aliphatic carbocycles. The van der Waals surface area contributed by atoms with Crippen LogP contribution in [0.25, 0.3) is 0 Å². The molecule has 4 heteroatoms. The van der Waals surface area contributed by atoms with Crippen molar-refractivity contribution in [2.75, 3.05) is 12.5 Å². The summed E-state index contributed by atoms with van der Waals surface area (Å²) in [6, 6.07) is 0. The summed E-state index contributed by atoms with van der Waals surface area (Å²) >= 11 is 5.32. The summed E-state index contributed by atoms with van der Waals surface area (Å²) in [5.74, 6) is 0.433. The van der Waals surface area contributed by atoms with Gasteiger partial charge in [-0.25, -0.2) is 0 Å². The minimum atomic E-state index is 0.154. The van der Waals surface area contributed by atoms with Gasteiger partial charge in [0.15, 0.2) is 0 Å². The molecule has 0 aliphatic heterocycles. The van der Waals surface area contributed by atoms with E-state index in [0.29, 0.717) is 6.61 Å². The van der Waals surface area contributed by atoms with Crippen molar-refractivity contribution in [3.63, 3.8) is 0 Å². The van der Waals surface area contributed by atoms with E-state index < -0.39 is 0 Å². The van der Waals surface area contributed by atoms with Gasteiger partial charge in [-0.2, -0.15) is 5.26 Å². The molecule has 3 nitrogen and oxygen atoms in total. The van der Waals surface area contributed by atoms with E-state index in [-0.39, 0.29) is 11.8 Å². The fourth-order valence-electron chi connectivity index (χ4n) is 0.323. The van der Waals surface area contributed by atoms with E-state index in [0.717, 1.165) is 0 Å². The molecule has 9 heavy (non-hydrogen) atoms. The van der Waals surface area contributed by atoms with Crippen molar-refractivity contribution in [1.29, 1.82) is 5.26 Å². The van der Waals surface area contributed by atoms with Crippen molar-refractivity contribution in [2.45, 2.75) is 6.92 Å². The Kier molecular flexibility index (Phi) is 4.94. The molecule has 0 atom stereocenters. The molecule has 0 aliphatic rings. The molecule has 0 rings (SSSR count). The third-order valence-electron chi connectivity index (χ3n) is 0.600. The maximum Gasteiger partial charge on any atom is 0.214 e. The second-order valence-electron chi connectivity index (χ2n) is 1.17. The molecule has 0 heterocycles. The second kappa shape index (κ2) is 5.39. The molecule has 0 saturated heterocycles. The van der Waals surface area contributed by atoms with Gasteiger partial charge in [-0.3, -0.25) is 0 Å². The number of ether oxygens (including phenoxy) is 1. The highest BCUT2D eigenvalue weighted by Gasteiger charge is 1.93. The van der Waals surface area contributed by atoms with Gasteiger partial charge in [-0.1, -0.05) is 0 Å². The van der Waals surface area contributed by atoms with Crippen molar-refractivity contribution < 1.29 is 4.74 Å². The Bertz CT molecular complexity index is 138. The summed E-state index contributed by atoms with van der Waals surface area (Å²) in [4.78, 5) is 3.30. The predicted octanol–water partition coefficient (Wildman–Crippen LogP) is 1.14. The fraction of sp³-hybridized carbons (Fsp3) is 0.600. The molecule has 0 radical (unpaired) electrons. The zero-order valence-corrected chi connectivity index (χ0v) is 5.85. The highest BCUT2D eigenvalue weighted by molar-refractivity contribution is 6.27. The summed E-state index contributed by atoms with van der Waals surface area (Å²) < 4.78 is 4.83. The van der Waals surface area contributed by atoms with Gasteiger partial charge in [0.2, 0.25) is 12.1 Å². The van der Waals surface area contributed by atoms with Crippen LogP contribution in [0.4, 0.5) is 0 Å². The molecule has 0 unspecified atom stereocenters. The minimum absolute atomic E-state index is 0.154. The lowest BCUT2D eigenvalue weighted by Crippen LogP contribution is -2.04. The second-order valence-corrected chi connectivity index (χ2v) is 1.44. The molecule has 0 spiro atoms. The molecule has 0 aromatic heterocycles. The number of nitriles is 1. The van der Waals surface area contributed by atoms with Crippen LogP contribution in [-0.4, -0.2) is 18.4 Å². The largest absolute Gasteiger partial charge is 0.480 e. The van der Waals surface area contributed by atoms with E-state index in [9.17, 15) is 0 Å². The van der Waals surface area contributed by atoms with Crippen molar-refractivity contribution >= 4 is 17.5 Å². The number of aliphatic imine (C=N–C) groups is 1. The van der Waals surface area contributed by atoms with E-state index in [2.05, 4.69) is 4.99 Å². The first kappa shape index (κ1) is 8.25. The zero-order chi connectivity index (χ0) is 7.11. The topological polar surface area (TPSA) is 45.4 Å². The Morgan fingerprint density at radius 3 is 2.89 bits per heavy atom. The van der Waals surface area contributed by atoms with E-state index in [1.807, 2.05) is 0 Å². The number of alkyl halides is 1. The summed E-state index contributed by atoms with van der Waals surface area (Å²) in [6.45, 7) is 2.30. The highest BCUT2D eigenvalue weighted by atomic mass is 35.5. The molecular formula is C5H7ClN2O. The van der Waals surface area contributed by atoms with Gasteiger partial charge < -0.3 is 4.74 Å². The Labute approximate surface area is 58.9 Å². The Morgan fingerprint density at radius 2 is 2.56 bits per heavy atom. The van der Waals surface area contributed by atoms with Gasteiger partial charge in [-0.05, 0) is 6.92 Å². The first-order chi connectivity index (χ1) is 4.35. The molecule has 0 saturated carbocycles. The lowest BCUT2D eigenvalue weighted by molar-refractivity contribution is 0.325. The van der Waals surface area contributed by atoms with E-state index in [1.54, 1.807) is 13.1 Å². The predicted molar refractivity (Wildman–Crippen MR) is 35.4 cm³/mol. The van der Waals surface area contributed by atoms with Crippen molar-refractivity contribution in [1.82, 2.24) is 0 Å². The molecule has 0 aromatic rings. The average molecular weight is 147 g/mol. The maximum absolute atomic E-state index is 8.02. The first-order valence-corrected chi connectivity index (χ1v) is 3.03. The molecular weight excluding hydrogens is 140 g/mol. The van der Waals surface area contributed by atoms with E-state index >= 15 is 0 Å². The Balaban J connectivity index is 3.70. The van der Waals surface area contributed by atoms with Gasteiger partial charge in [0.05, 0.1) is 12.5 Å². The van der Waals surface area contributed by atoms with Crippen LogP contribution in [0.5, 0.6) is 0 Å². The van der Waals surface area contributed by atoms with Gasteiger partial charge >= 0.3 is 0 Å². The molecule has 0 fully saturated rings. The quantitative estimate of drug-likeness (QED) is 0.254. The zero-order valence-electron chi connectivity index (χ0n) is 5.09. The molecule has 50 valence electrons. The highest BCUT2D eigenvalue weighted by Crippen LogP contribution is 1.85. The standard InChI is InChI=1S/C5H7ClN2O/c1-2-9-5(3-6)8-4-7/h2-3H2,1H3. The van der Waals surface area contributed by atoms with Crippen LogP contribution in [0, 0.1) is 11.5 Å². The number of halogens is 1. The summed E-state index contributed by atoms with van der Waals surface area (Å²) in [5, 5.41) is 8.02. The van der Waals surface area contributed by atoms with Crippen molar-refractivity contribution in [3.05, 3.63) is 0 Å². The molecule has 0 N–H and O–H groups in total. The smallest absolute Gasteiger partial charge is 0.214 e. The van der Waals surface area contributed by atoms with E-state index in [1.165, 1.54) is 0 Å². The van der Waals surface area contributed by atoms with Crippen LogP contribution in [-0.2, 0) is 4.74 Å². The van der Waals surface area contributed by atoms with Crippen LogP contribution in [0.2, 0.25) is 0 Å². The lowest BCUT2D eigenvalue weighted by Gasteiger charge is -1.98. The summed E-state index contributed by atoms with van der Waals surface area (Å²) in [7, 11) is 0. The van der Waals surface area contributed by atoms with Crippen LogP contribution >= 0.6 is 11.6 Å². The fourth-order valence-corrected chi connectivity index (χ4v) is 0.460. The van der Waals surface area contributed by atoms with Gasteiger partial charge in [0.25, 0.3) is 0 Å². The Morgan fingerprint density at radius 1 is 1.89 bits per heavy atom. The number of nitrogens with zero attached hydrogens (tertiary/aromatic N) is 2. The first-order valence-electron chi connectivity index (χ1n) is 2.49. The number of rotatable bonds is 2. The van der Waals surface area contributed by atoms with Gasteiger partial charge in [0.1, 0.15) is 0 Å². The third-order valence-corrected chi connectivity index (χ3v) is 0.829. The number of hydrogen-bond acceptors (Lipinski definition) is 3. The van der Waals surface area contributed by atoms with Crippen LogP contribution in [0.15, 0.2) is 4.99 Å². The lowest BCUT2D eigenvalue weighted by atomic mass is 10.7. The van der Waals surface area contributed by atoms with Gasteiger partial charge in [-0.15, -0.1) is 16.6 Å². The molecule has 0 amide bonds. The molecule has 0 bridgehead atoms. The van der Waals surface area contributed by atoms with Crippen molar-refractivity contribution in [2.24, 2.45) is 4.99 Å². The van der Waals surface area contributed by atoms with Crippen molar-refractivity contribution in [3.8, 4) is 6.19 Å². The third kappa shape index (κ3) is 3.80. The van der Waals surface area contributed by atoms with E-state index in [4.69, 9.17) is 21.6 Å². The average Bonchev–Trinajstić information content (AvgIpc) is 1.88. The van der Waals surface area contributed by atoms with Crippen LogP contribution < -0.4 is 0 Å². The van der Waals surface area contributed by atoms with Gasteiger partial charge in [0, 0.05) is 0 Å². The number of hydrogen-bond donors (Lipinski definition) is 0. The monoisotopic (exact) mass is 146 g/mol. The normalized spacial score (nSPS) is 10.6. The van der Waals surface area contributed by atoms with Crippen LogP contribution in [0.1, 0.15) is 6.92 Å². The summed E-state index contributed by atoms with van der Waals surface area (Å²) in [5.41, 5.74) is 0.